The summed E-state index contributed by atoms with van der Waals surface area (Å²) < 4.78 is 2.35. The first-order chi connectivity index (χ1) is 10.7. The van der Waals surface area contributed by atoms with Crippen LogP contribution in [-0.2, 0) is 12.0 Å². The number of nitrogens with one attached hydrogen (secondary N) is 1. The number of piperidine rings is 1. The summed E-state index contributed by atoms with van der Waals surface area (Å²) in [6.07, 6.45) is 5.50. The SMILES string of the molecule is NC(=O)c1ccc(-c2cnc3n2CCC32CCNCC2)cc1. The first-order valence-corrected chi connectivity index (χ1v) is 7.87. The van der Waals surface area contributed by atoms with Gasteiger partial charge in [0.2, 0.25) is 5.91 Å². The highest BCUT2D eigenvalue weighted by Gasteiger charge is 2.42. The Morgan fingerprint density at radius 3 is 2.59 bits per heavy atom. The summed E-state index contributed by atoms with van der Waals surface area (Å²) in [7, 11) is 0. The first-order valence-electron chi connectivity index (χ1n) is 7.87. The molecule has 3 N–H and O–H groups in total. The van der Waals surface area contributed by atoms with Crippen molar-refractivity contribution in [2.45, 2.75) is 31.2 Å². The molecule has 0 bridgehead atoms. The van der Waals surface area contributed by atoms with E-state index in [0.29, 0.717) is 5.56 Å². The molecule has 1 fully saturated rings. The molecule has 5 heteroatoms. The highest BCUT2D eigenvalue weighted by Crippen LogP contribution is 2.43. The maximum Gasteiger partial charge on any atom is 0.248 e. The monoisotopic (exact) mass is 296 g/mol. The minimum atomic E-state index is -0.390. The van der Waals surface area contributed by atoms with Gasteiger partial charge < -0.3 is 15.6 Å². The van der Waals surface area contributed by atoms with Crippen molar-refractivity contribution in [1.29, 1.82) is 0 Å². The molecule has 5 nitrogen and oxygen atoms in total. The van der Waals surface area contributed by atoms with E-state index in [2.05, 4.69) is 9.88 Å². The smallest absolute Gasteiger partial charge is 0.248 e. The molecule has 2 aliphatic heterocycles. The molecule has 1 amide bonds. The van der Waals surface area contributed by atoms with Crippen LogP contribution in [0, 0.1) is 0 Å². The van der Waals surface area contributed by atoms with Gasteiger partial charge in [0.05, 0.1) is 11.9 Å². The zero-order valence-corrected chi connectivity index (χ0v) is 12.5. The molecule has 3 heterocycles. The molecule has 2 aliphatic rings. The molecule has 0 radical (unpaired) electrons. The molecular weight excluding hydrogens is 276 g/mol. The van der Waals surface area contributed by atoms with Crippen molar-refractivity contribution < 1.29 is 4.79 Å². The van der Waals surface area contributed by atoms with Crippen molar-refractivity contribution >= 4 is 5.91 Å². The van der Waals surface area contributed by atoms with Crippen LogP contribution in [0.25, 0.3) is 11.3 Å². The number of primary amides is 1. The Kier molecular flexibility index (Phi) is 3.04. The number of fused-ring (bicyclic) bond motifs is 2. The lowest BCUT2D eigenvalue weighted by molar-refractivity contribution is 0.100. The first kappa shape index (κ1) is 13.5. The van der Waals surface area contributed by atoms with E-state index < -0.39 is 5.91 Å². The van der Waals surface area contributed by atoms with E-state index in [1.54, 1.807) is 12.1 Å². The second-order valence-electron chi connectivity index (χ2n) is 6.34. The fourth-order valence-corrected chi connectivity index (χ4v) is 3.88. The van der Waals surface area contributed by atoms with Gasteiger partial charge in [0.15, 0.2) is 0 Å². The third kappa shape index (κ3) is 1.96. The van der Waals surface area contributed by atoms with Gasteiger partial charge in [-0.3, -0.25) is 4.79 Å². The Morgan fingerprint density at radius 1 is 1.18 bits per heavy atom. The Balaban J connectivity index is 1.70. The highest BCUT2D eigenvalue weighted by molar-refractivity contribution is 5.93. The van der Waals surface area contributed by atoms with Crippen LogP contribution in [0.1, 0.15) is 35.4 Å². The third-order valence-corrected chi connectivity index (χ3v) is 5.17. The molecular formula is C17H20N4O. The quantitative estimate of drug-likeness (QED) is 0.885. The lowest BCUT2D eigenvalue weighted by atomic mass is 9.77. The molecule has 114 valence electrons. The molecule has 2 aromatic rings. The van der Waals surface area contributed by atoms with E-state index >= 15 is 0 Å². The minimum Gasteiger partial charge on any atom is -0.366 e. The van der Waals surface area contributed by atoms with Crippen LogP contribution < -0.4 is 11.1 Å². The van der Waals surface area contributed by atoms with Crippen molar-refractivity contribution in [3.63, 3.8) is 0 Å². The number of hydrogen-bond donors (Lipinski definition) is 2. The number of carbonyl (C=O) groups is 1. The normalized spacial score (nSPS) is 19.3. The van der Waals surface area contributed by atoms with Crippen molar-refractivity contribution in [2.75, 3.05) is 13.1 Å². The Hall–Kier alpha value is -2.14. The molecule has 1 saturated heterocycles. The zero-order valence-electron chi connectivity index (χ0n) is 12.5. The molecule has 0 unspecified atom stereocenters. The Bertz CT molecular complexity index is 711. The summed E-state index contributed by atoms with van der Waals surface area (Å²) in [4.78, 5) is 15.9. The molecule has 0 saturated carbocycles. The number of nitrogens with zero attached hydrogens (tertiary/aromatic N) is 2. The van der Waals surface area contributed by atoms with Crippen LogP contribution in [0.15, 0.2) is 30.5 Å². The van der Waals surface area contributed by atoms with Gasteiger partial charge in [-0.05, 0) is 50.0 Å². The molecule has 1 aromatic carbocycles. The molecule has 22 heavy (non-hydrogen) atoms. The van der Waals surface area contributed by atoms with Crippen molar-refractivity contribution in [1.82, 2.24) is 14.9 Å². The van der Waals surface area contributed by atoms with Gasteiger partial charge in [0, 0.05) is 17.5 Å². The van der Waals surface area contributed by atoms with E-state index in [1.807, 2.05) is 18.3 Å². The number of amides is 1. The van der Waals surface area contributed by atoms with Crippen molar-refractivity contribution in [2.24, 2.45) is 5.73 Å². The summed E-state index contributed by atoms with van der Waals surface area (Å²) in [6.45, 7) is 3.19. The van der Waals surface area contributed by atoms with Crippen LogP contribution in [0.5, 0.6) is 0 Å². The number of rotatable bonds is 2. The van der Waals surface area contributed by atoms with Gasteiger partial charge >= 0.3 is 0 Å². The van der Waals surface area contributed by atoms with E-state index in [9.17, 15) is 4.79 Å². The summed E-state index contributed by atoms with van der Waals surface area (Å²) in [5.41, 5.74) is 8.34. The molecule has 1 spiro atoms. The predicted molar refractivity (Wildman–Crippen MR) is 84.6 cm³/mol. The standard InChI is InChI=1S/C17H20N4O/c18-15(22)13-3-1-12(2-4-13)14-11-20-16-17(7-10-21(14)16)5-8-19-9-6-17/h1-4,11,19H,5-10H2,(H2,18,22). The lowest BCUT2D eigenvalue weighted by Crippen LogP contribution is -2.38. The van der Waals surface area contributed by atoms with Crippen LogP contribution in [0.3, 0.4) is 0 Å². The number of hydrogen-bond acceptors (Lipinski definition) is 3. The second kappa shape index (κ2) is 4.95. The second-order valence-corrected chi connectivity index (χ2v) is 6.34. The van der Waals surface area contributed by atoms with Crippen LogP contribution in [-0.4, -0.2) is 28.5 Å². The third-order valence-electron chi connectivity index (χ3n) is 5.17. The zero-order chi connectivity index (χ0) is 15.2. The topological polar surface area (TPSA) is 72.9 Å². The number of imidazole rings is 1. The molecule has 0 aliphatic carbocycles. The summed E-state index contributed by atoms with van der Waals surface area (Å²) in [5, 5.41) is 3.44. The van der Waals surface area contributed by atoms with E-state index in [0.717, 1.165) is 30.9 Å². The minimum absolute atomic E-state index is 0.261. The lowest BCUT2D eigenvalue weighted by Gasteiger charge is -2.32. The maximum atomic E-state index is 11.2. The Morgan fingerprint density at radius 2 is 1.91 bits per heavy atom. The number of benzene rings is 1. The van der Waals surface area contributed by atoms with Crippen LogP contribution >= 0.6 is 0 Å². The van der Waals surface area contributed by atoms with Crippen molar-refractivity contribution in [3.8, 4) is 11.3 Å². The van der Waals surface area contributed by atoms with Gasteiger partial charge in [0.1, 0.15) is 5.82 Å². The average molecular weight is 296 g/mol. The number of nitrogens with two attached hydrogens (primary N) is 1. The maximum absolute atomic E-state index is 11.2. The largest absolute Gasteiger partial charge is 0.366 e. The fourth-order valence-electron chi connectivity index (χ4n) is 3.88. The van der Waals surface area contributed by atoms with Gasteiger partial charge in [-0.1, -0.05) is 12.1 Å². The van der Waals surface area contributed by atoms with Gasteiger partial charge in [0.25, 0.3) is 0 Å². The van der Waals surface area contributed by atoms with E-state index in [4.69, 9.17) is 10.7 Å². The molecule has 1 aromatic heterocycles. The average Bonchev–Trinajstić information content (AvgIpc) is 3.11. The predicted octanol–water partition coefficient (Wildman–Crippen LogP) is 1.67. The summed E-state index contributed by atoms with van der Waals surface area (Å²) >= 11 is 0. The van der Waals surface area contributed by atoms with Gasteiger partial charge in [-0.15, -0.1) is 0 Å². The van der Waals surface area contributed by atoms with Crippen LogP contribution in [0.4, 0.5) is 0 Å². The fraction of sp³-hybridized carbons (Fsp3) is 0.412. The van der Waals surface area contributed by atoms with Crippen molar-refractivity contribution in [3.05, 3.63) is 41.9 Å². The highest BCUT2D eigenvalue weighted by atomic mass is 16.1. The van der Waals surface area contributed by atoms with Gasteiger partial charge in [-0.2, -0.15) is 0 Å². The number of carbonyl (C=O) groups excluding carboxylic acids is 1. The van der Waals surface area contributed by atoms with Gasteiger partial charge in [-0.25, -0.2) is 4.98 Å². The van der Waals surface area contributed by atoms with E-state index in [1.165, 1.54) is 25.1 Å². The van der Waals surface area contributed by atoms with Crippen LogP contribution in [0.2, 0.25) is 0 Å². The summed E-state index contributed by atoms with van der Waals surface area (Å²) in [5.74, 6) is 0.849. The van der Waals surface area contributed by atoms with E-state index in [-0.39, 0.29) is 5.41 Å². The molecule has 0 atom stereocenters. The number of aromatic nitrogens is 2. The summed E-state index contributed by atoms with van der Waals surface area (Å²) in [6, 6.07) is 7.48. The Labute approximate surface area is 129 Å². The molecule has 4 rings (SSSR count).